The molecule has 0 aliphatic carbocycles. The summed E-state index contributed by atoms with van der Waals surface area (Å²) in [5.41, 5.74) is 6.97. The minimum Gasteiger partial charge on any atom is -0.339 e. The Kier molecular flexibility index (Phi) is 6.65. The average molecular weight is 312 g/mol. The van der Waals surface area contributed by atoms with Gasteiger partial charge in [0.2, 0.25) is 5.91 Å². The zero-order valence-corrected chi connectivity index (χ0v) is 13.0. The van der Waals surface area contributed by atoms with E-state index in [0.29, 0.717) is 17.7 Å². The van der Waals surface area contributed by atoms with E-state index in [2.05, 4.69) is 5.32 Å². The van der Waals surface area contributed by atoms with Crippen LogP contribution in [-0.2, 0) is 4.79 Å². The largest absolute Gasteiger partial charge is 0.339 e. The molecule has 0 unspecified atom stereocenters. The summed E-state index contributed by atoms with van der Waals surface area (Å²) in [7, 11) is 0. The maximum Gasteiger partial charge on any atom is 0.253 e. The molecule has 0 spiro atoms. The van der Waals surface area contributed by atoms with E-state index < -0.39 is 6.04 Å². The summed E-state index contributed by atoms with van der Waals surface area (Å²) in [5.74, 6) is -0.142. The van der Waals surface area contributed by atoms with Crippen LogP contribution in [0.1, 0.15) is 36.5 Å². The quantitative estimate of drug-likeness (QED) is 0.893. The number of likely N-dealkylation sites (tertiary alicyclic amines) is 1. The Bertz CT molecular complexity index is 484. The zero-order valence-electron chi connectivity index (χ0n) is 12.2. The summed E-state index contributed by atoms with van der Waals surface area (Å²) in [4.78, 5) is 25.7. The molecule has 1 aromatic rings. The number of hydrogen-bond acceptors (Lipinski definition) is 3. The van der Waals surface area contributed by atoms with E-state index in [4.69, 9.17) is 5.73 Å². The van der Waals surface area contributed by atoms with E-state index in [0.717, 1.165) is 25.9 Å². The van der Waals surface area contributed by atoms with Gasteiger partial charge < -0.3 is 16.0 Å². The first kappa shape index (κ1) is 17.5. The van der Waals surface area contributed by atoms with Crippen LogP contribution in [0.4, 0.5) is 5.69 Å². The molecule has 6 heteroatoms. The summed E-state index contributed by atoms with van der Waals surface area (Å²) in [5, 5.41) is 2.74. The molecule has 0 radical (unpaired) electrons. The molecule has 0 saturated carbocycles. The number of nitrogens with zero attached hydrogens (tertiary/aromatic N) is 1. The molecule has 3 N–H and O–H groups in total. The van der Waals surface area contributed by atoms with Crippen LogP contribution in [0.2, 0.25) is 0 Å². The van der Waals surface area contributed by atoms with Crippen molar-refractivity contribution in [1.29, 1.82) is 0 Å². The third-order valence-electron chi connectivity index (χ3n) is 3.57. The molecule has 1 aliphatic rings. The van der Waals surface area contributed by atoms with Gasteiger partial charge >= 0.3 is 0 Å². The van der Waals surface area contributed by atoms with E-state index in [1.807, 2.05) is 11.8 Å². The van der Waals surface area contributed by atoms with Gasteiger partial charge in [0.05, 0.1) is 6.04 Å². The van der Waals surface area contributed by atoms with E-state index in [1.54, 1.807) is 24.3 Å². The van der Waals surface area contributed by atoms with Crippen LogP contribution < -0.4 is 11.1 Å². The molecule has 1 saturated heterocycles. The first-order chi connectivity index (χ1) is 9.61. The van der Waals surface area contributed by atoms with Crippen molar-refractivity contribution < 1.29 is 9.59 Å². The lowest BCUT2D eigenvalue weighted by Crippen LogP contribution is -2.34. The molecule has 5 nitrogen and oxygen atoms in total. The van der Waals surface area contributed by atoms with E-state index >= 15 is 0 Å². The number of nitrogens with one attached hydrogen (secondary N) is 1. The Morgan fingerprint density at radius 1 is 1.24 bits per heavy atom. The fraction of sp³-hybridized carbons (Fsp3) is 0.467. The van der Waals surface area contributed by atoms with Crippen LogP contribution >= 0.6 is 12.4 Å². The van der Waals surface area contributed by atoms with E-state index in [-0.39, 0.29) is 24.2 Å². The predicted octanol–water partition coefficient (Wildman–Crippen LogP) is 2.02. The Balaban J connectivity index is 0.00000220. The standard InChI is InChI=1S/C15H21N3O2.ClH/c1-2-13(16)14(19)17-12-7-5-11(6-8-12)15(20)18-9-3-4-10-18;/h5-8,13H,2-4,9-10,16H2,1H3,(H,17,19);1H/t13-;/m0./s1. The monoisotopic (exact) mass is 311 g/mol. The molecular formula is C15H22ClN3O2. The summed E-state index contributed by atoms with van der Waals surface area (Å²) in [6.45, 7) is 3.54. The number of rotatable bonds is 4. The summed E-state index contributed by atoms with van der Waals surface area (Å²) < 4.78 is 0. The predicted molar refractivity (Wildman–Crippen MR) is 85.7 cm³/mol. The number of nitrogens with two attached hydrogens (primary N) is 1. The summed E-state index contributed by atoms with van der Waals surface area (Å²) in [6.07, 6.45) is 2.75. The normalized spacial score (nSPS) is 15.2. The fourth-order valence-corrected chi connectivity index (χ4v) is 2.22. The molecule has 0 bridgehead atoms. The van der Waals surface area contributed by atoms with Crippen molar-refractivity contribution in [2.45, 2.75) is 32.2 Å². The van der Waals surface area contributed by atoms with Crippen molar-refractivity contribution in [1.82, 2.24) is 4.90 Å². The summed E-state index contributed by atoms with van der Waals surface area (Å²) >= 11 is 0. The lowest BCUT2D eigenvalue weighted by Gasteiger charge is -2.15. The Hall–Kier alpha value is -1.59. The van der Waals surface area contributed by atoms with Crippen LogP contribution in [0, 0.1) is 0 Å². The van der Waals surface area contributed by atoms with Crippen molar-refractivity contribution in [3.05, 3.63) is 29.8 Å². The van der Waals surface area contributed by atoms with Gasteiger partial charge in [-0.1, -0.05) is 6.92 Å². The molecule has 0 aromatic heterocycles. The lowest BCUT2D eigenvalue weighted by molar-refractivity contribution is -0.117. The molecule has 2 rings (SSSR count). The van der Waals surface area contributed by atoms with Gasteiger partial charge in [-0.05, 0) is 43.5 Å². The fourth-order valence-electron chi connectivity index (χ4n) is 2.22. The van der Waals surface area contributed by atoms with Gasteiger partial charge in [-0.25, -0.2) is 0 Å². The lowest BCUT2D eigenvalue weighted by atomic mass is 10.1. The zero-order chi connectivity index (χ0) is 14.5. The summed E-state index contributed by atoms with van der Waals surface area (Å²) in [6, 6.07) is 6.47. The highest BCUT2D eigenvalue weighted by Crippen LogP contribution is 2.15. The van der Waals surface area contributed by atoms with Crippen molar-refractivity contribution in [3.63, 3.8) is 0 Å². The van der Waals surface area contributed by atoms with Gasteiger partial charge in [-0.3, -0.25) is 9.59 Å². The number of hydrogen-bond donors (Lipinski definition) is 2. The highest BCUT2D eigenvalue weighted by molar-refractivity contribution is 5.97. The van der Waals surface area contributed by atoms with Crippen LogP contribution in [0.3, 0.4) is 0 Å². The highest BCUT2D eigenvalue weighted by atomic mass is 35.5. The number of carbonyl (C=O) groups excluding carboxylic acids is 2. The molecule has 116 valence electrons. The van der Waals surface area contributed by atoms with Crippen molar-refractivity contribution >= 4 is 29.9 Å². The molecule has 1 fully saturated rings. The first-order valence-corrected chi connectivity index (χ1v) is 7.07. The van der Waals surface area contributed by atoms with Gasteiger partial charge in [0.15, 0.2) is 0 Å². The maximum atomic E-state index is 12.2. The van der Waals surface area contributed by atoms with Gasteiger partial charge in [0.1, 0.15) is 0 Å². The maximum absolute atomic E-state index is 12.2. The van der Waals surface area contributed by atoms with Gasteiger partial charge in [-0.2, -0.15) is 0 Å². The highest BCUT2D eigenvalue weighted by Gasteiger charge is 2.19. The second-order valence-corrected chi connectivity index (χ2v) is 5.08. The molecule has 1 aliphatic heterocycles. The topological polar surface area (TPSA) is 75.4 Å². The Morgan fingerprint density at radius 2 is 1.81 bits per heavy atom. The van der Waals surface area contributed by atoms with E-state index in [1.165, 1.54) is 0 Å². The van der Waals surface area contributed by atoms with Crippen LogP contribution in [0.25, 0.3) is 0 Å². The number of benzene rings is 1. The molecule has 2 amide bonds. The average Bonchev–Trinajstić information content (AvgIpc) is 3.00. The second kappa shape index (κ2) is 8.00. The van der Waals surface area contributed by atoms with Crippen molar-refractivity contribution in [2.24, 2.45) is 5.73 Å². The van der Waals surface area contributed by atoms with Crippen LogP contribution in [0.5, 0.6) is 0 Å². The van der Waals surface area contributed by atoms with E-state index in [9.17, 15) is 9.59 Å². The van der Waals surface area contributed by atoms with Gasteiger partial charge in [0.25, 0.3) is 5.91 Å². The van der Waals surface area contributed by atoms with Gasteiger partial charge in [-0.15, -0.1) is 12.4 Å². The number of anilines is 1. The SMILES string of the molecule is CC[C@H](N)C(=O)Nc1ccc(C(=O)N2CCCC2)cc1.Cl. The minimum atomic E-state index is -0.499. The molecule has 1 aromatic carbocycles. The molecule has 1 atom stereocenters. The molecule has 21 heavy (non-hydrogen) atoms. The molecule has 1 heterocycles. The minimum absolute atomic E-state index is 0. The third-order valence-corrected chi connectivity index (χ3v) is 3.57. The van der Waals surface area contributed by atoms with Gasteiger partial charge in [0, 0.05) is 24.3 Å². The van der Waals surface area contributed by atoms with Crippen molar-refractivity contribution in [2.75, 3.05) is 18.4 Å². The van der Waals surface area contributed by atoms with Crippen LogP contribution in [0.15, 0.2) is 24.3 Å². The van der Waals surface area contributed by atoms with Crippen LogP contribution in [-0.4, -0.2) is 35.8 Å². The number of halogens is 1. The second-order valence-electron chi connectivity index (χ2n) is 5.08. The third kappa shape index (κ3) is 4.44. The Morgan fingerprint density at radius 3 is 2.33 bits per heavy atom. The Labute approximate surface area is 131 Å². The molecular weight excluding hydrogens is 290 g/mol. The number of carbonyl (C=O) groups is 2. The smallest absolute Gasteiger partial charge is 0.253 e. The first-order valence-electron chi connectivity index (χ1n) is 7.07. The number of amides is 2. The van der Waals surface area contributed by atoms with Crippen molar-refractivity contribution in [3.8, 4) is 0 Å².